The average Bonchev–Trinajstić information content (AvgIpc) is 3.49. The number of fused-ring (bicyclic) bond motifs is 1. The molecule has 6 rings (SSSR count). The predicted molar refractivity (Wildman–Crippen MR) is 192 cm³/mol. The molecule has 7 heteroatoms. The van der Waals surface area contributed by atoms with Gasteiger partial charge in [-0.05, 0) is 84.2 Å². The summed E-state index contributed by atoms with van der Waals surface area (Å²) in [6.45, 7) is 7.75. The van der Waals surface area contributed by atoms with Crippen LogP contribution in [0.3, 0.4) is 0 Å². The minimum Gasteiger partial charge on any atom is -0.489 e. The standard InChI is InChI=1S/C42H49NO6/c1-42(2)47-31-37-28-36(20-23-39(37)49-42)40-29-43(41(44)48-40)24-9-3-4-10-25-45-26-11-8-13-32-16-12-17-35(27-32)34-18-21-38(22-19-34)46-30-33-14-6-5-7-15-33/h5-7,12,14-23,27-28,40H,3-4,8-11,13,24-26,29-31H2,1-2H3/t40-/m0/s1. The topological polar surface area (TPSA) is 66.5 Å². The van der Waals surface area contributed by atoms with Gasteiger partial charge in [-0.25, -0.2) is 4.79 Å². The van der Waals surface area contributed by atoms with Crippen molar-refractivity contribution in [1.82, 2.24) is 4.90 Å². The summed E-state index contributed by atoms with van der Waals surface area (Å²) in [6, 6.07) is 33.4. The molecule has 4 aromatic carbocycles. The van der Waals surface area contributed by atoms with Crippen LogP contribution in [-0.2, 0) is 33.8 Å². The van der Waals surface area contributed by atoms with E-state index in [1.54, 1.807) is 0 Å². The van der Waals surface area contributed by atoms with E-state index < -0.39 is 5.79 Å². The Bertz CT molecular complexity index is 1640. The zero-order chi connectivity index (χ0) is 33.9. The minimum atomic E-state index is -0.624. The van der Waals surface area contributed by atoms with E-state index in [1.807, 2.05) is 67.3 Å². The molecule has 1 fully saturated rings. The monoisotopic (exact) mass is 663 g/mol. The second-order valence-corrected chi connectivity index (χ2v) is 13.5. The predicted octanol–water partition coefficient (Wildman–Crippen LogP) is 9.67. The minimum absolute atomic E-state index is 0.231. The SMILES string of the molecule is CC1(C)OCc2cc([C@@H]3CN(CCCCCCOCCCCc4cccc(-c5ccc(OCc6ccccc6)cc5)c4)C(=O)O3)ccc2O1. The zero-order valence-corrected chi connectivity index (χ0v) is 28.9. The molecule has 2 aliphatic heterocycles. The van der Waals surface area contributed by atoms with Gasteiger partial charge in [-0.1, -0.05) is 85.6 Å². The molecule has 0 aromatic heterocycles. The maximum absolute atomic E-state index is 12.5. The second kappa shape index (κ2) is 16.9. The molecular weight excluding hydrogens is 614 g/mol. The van der Waals surface area contributed by atoms with Gasteiger partial charge >= 0.3 is 6.09 Å². The van der Waals surface area contributed by atoms with Crippen LogP contribution in [0.15, 0.2) is 97.1 Å². The molecule has 4 aromatic rings. The molecule has 0 radical (unpaired) electrons. The van der Waals surface area contributed by atoms with Crippen LogP contribution in [0.25, 0.3) is 11.1 Å². The number of ether oxygens (including phenoxy) is 5. The summed E-state index contributed by atoms with van der Waals surface area (Å²) in [7, 11) is 0. The summed E-state index contributed by atoms with van der Waals surface area (Å²) in [5.41, 5.74) is 6.92. The van der Waals surface area contributed by atoms with E-state index in [0.29, 0.717) is 19.8 Å². The summed E-state index contributed by atoms with van der Waals surface area (Å²) in [5.74, 6) is 1.09. The van der Waals surface area contributed by atoms with Gasteiger partial charge in [0, 0.05) is 39.2 Å². The number of aryl methyl sites for hydroxylation is 1. The van der Waals surface area contributed by atoms with Gasteiger partial charge in [0.05, 0.1) is 13.2 Å². The van der Waals surface area contributed by atoms with Crippen LogP contribution in [0.1, 0.15) is 80.7 Å². The molecule has 1 amide bonds. The number of amides is 1. The van der Waals surface area contributed by atoms with Gasteiger partial charge in [-0.3, -0.25) is 0 Å². The molecule has 1 atom stereocenters. The fraction of sp³-hybridized carbons (Fsp3) is 0.405. The molecule has 0 bridgehead atoms. The first-order chi connectivity index (χ1) is 23.9. The molecular formula is C42H49NO6. The van der Waals surface area contributed by atoms with E-state index in [9.17, 15) is 4.79 Å². The Hall–Kier alpha value is -4.33. The fourth-order valence-electron chi connectivity index (χ4n) is 6.31. The van der Waals surface area contributed by atoms with Crippen molar-refractivity contribution < 1.29 is 28.5 Å². The fourth-order valence-corrected chi connectivity index (χ4v) is 6.31. The van der Waals surface area contributed by atoms with Crippen molar-refractivity contribution in [2.45, 2.75) is 83.9 Å². The summed E-state index contributed by atoms with van der Waals surface area (Å²) in [4.78, 5) is 14.3. The molecule has 7 nitrogen and oxygen atoms in total. The number of hydrogen-bond donors (Lipinski definition) is 0. The Morgan fingerprint density at radius 2 is 1.55 bits per heavy atom. The third kappa shape index (κ3) is 10.1. The molecule has 0 N–H and O–H groups in total. The molecule has 2 heterocycles. The Kier molecular flexibility index (Phi) is 11.9. The summed E-state index contributed by atoms with van der Waals surface area (Å²) >= 11 is 0. The van der Waals surface area contributed by atoms with Gasteiger partial charge in [0.1, 0.15) is 24.2 Å². The van der Waals surface area contributed by atoms with Crippen LogP contribution in [0.2, 0.25) is 0 Å². The van der Waals surface area contributed by atoms with E-state index in [0.717, 1.165) is 92.9 Å². The summed E-state index contributed by atoms with van der Waals surface area (Å²) < 4.78 is 29.2. The van der Waals surface area contributed by atoms with E-state index in [2.05, 4.69) is 48.5 Å². The molecule has 49 heavy (non-hydrogen) atoms. The lowest BCUT2D eigenvalue weighted by Crippen LogP contribution is -2.35. The van der Waals surface area contributed by atoms with Crippen molar-refractivity contribution in [3.05, 3.63) is 119 Å². The quantitative estimate of drug-likeness (QED) is 0.105. The first-order valence-electron chi connectivity index (χ1n) is 17.8. The van der Waals surface area contributed by atoms with Gasteiger partial charge in [-0.15, -0.1) is 0 Å². The third-order valence-corrected chi connectivity index (χ3v) is 9.11. The van der Waals surface area contributed by atoms with Crippen LogP contribution in [-0.4, -0.2) is 43.1 Å². The van der Waals surface area contributed by atoms with Crippen LogP contribution >= 0.6 is 0 Å². The van der Waals surface area contributed by atoms with E-state index >= 15 is 0 Å². The first kappa shape index (κ1) is 34.5. The number of cyclic esters (lactones) is 1. The van der Waals surface area contributed by atoms with Crippen LogP contribution in [0.5, 0.6) is 11.5 Å². The number of rotatable bonds is 17. The van der Waals surface area contributed by atoms with Gasteiger partial charge in [0.15, 0.2) is 0 Å². The van der Waals surface area contributed by atoms with Crippen molar-refractivity contribution in [2.75, 3.05) is 26.3 Å². The average molecular weight is 664 g/mol. The molecule has 0 aliphatic carbocycles. The van der Waals surface area contributed by atoms with Gasteiger partial charge < -0.3 is 28.6 Å². The molecule has 258 valence electrons. The highest BCUT2D eigenvalue weighted by atomic mass is 16.7. The molecule has 2 aliphatic rings. The van der Waals surface area contributed by atoms with Gasteiger partial charge in [0.2, 0.25) is 5.79 Å². The largest absolute Gasteiger partial charge is 0.489 e. The molecule has 0 spiro atoms. The smallest absolute Gasteiger partial charge is 0.410 e. The Balaban J connectivity index is 0.803. The number of nitrogens with zero attached hydrogens (tertiary/aromatic N) is 1. The lowest BCUT2D eigenvalue weighted by Gasteiger charge is -2.32. The number of carbonyl (C=O) groups is 1. The van der Waals surface area contributed by atoms with Crippen LogP contribution < -0.4 is 9.47 Å². The third-order valence-electron chi connectivity index (χ3n) is 9.11. The number of hydrogen-bond acceptors (Lipinski definition) is 6. The van der Waals surface area contributed by atoms with Crippen molar-refractivity contribution >= 4 is 6.09 Å². The van der Waals surface area contributed by atoms with Gasteiger partial charge in [0.25, 0.3) is 0 Å². The number of carbonyl (C=O) groups excluding carboxylic acids is 1. The lowest BCUT2D eigenvalue weighted by molar-refractivity contribution is -0.180. The Labute approximate surface area is 291 Å². The molecule has 1 saturated heterocycles. The van der Waals surface area contributed by atoms with E-state index in [1.165, 1.54) is 16.7 Å². The van der Waals surface area contributed by atoms with Crippen molar-refractivity contribution in [3.63, 3.8) is 0 Å². The first-order valence-corrected chi connectivity index (χ1v) is 17.8. The van der Waals surface area contributed by atoms with E-state index in [4.69, 9.17) is 23.7 Å². The molecule has 0 unspecified atom stereocenters. The van der Waals surface area contributed by atoms with Crippen LogP contribution in [0.4, 0.5) is 4.79 Å². The van der Waals surface area contributed by atoms with Crippen molar-refractivity contribution in [1.29, 1.82) is 0 Å². The normalized spacial score (nSPS) is 16.6. The van der Waals surface area contributed by atoms with Gasteiger partial charge in [-0.2, -0.15) is 0 Å². The van der Waals surface area contributed by atoms with Crippen molar-refractivity contribution in [3.8, 4) is 22.6 Å². The lowest BCUT2D eigenvalue weighted by atomic mass is 10.0. The highest BCUT2D eigenvalue weighted by Gasteiger charge is 2.33. The maximum atomic E-state index is 12.5. The second-order valence-electron chi connectivity index (χ2n) is 13.5. The zero-order valence-electron chi connectivity index (χ0n) is 28.9. The summed E-state index contributed by atoms with van der Waals surface area (Å²) in [6.07, 6.45) is 6.89. The number of benzene rings is 4. The van der Waals surface area contributed by atoms with E-state index in [-0.39, 0.29) is 12.2 Å². The van der Waals surface area contributed by atoms with Crippen LogP contribution in [0, 0.1) is 0 Å². The molecule has 0 saturated carbocycles. The Morgan fingerprint density at radius 3 is 2.39 bits per heavy atom. The highest BCUT2D eigenvalue weighted by molar-refractivity contribution is 5.70. The highest BCUT2D eigenvalue weighted by Crippen LogP contribution is 2.35. The Morgan fingerprint density at radius 1 is 0.776 bits per heavy atom. The summed E-state index contributed by atoms with van der Waals surface area (Å²) in [5, 5.41) is 0. The van der Waals surface area contributed by atoms with Crippen molar-refractivity contribution in [2.24, 2.45) is 0 Å². The number of unbranched alkanes of at least 4 members (excludes halogenated alkanes) is 4. The maximum Gasteiger partial charge on any atom is 0.410 e.